The van der Waals surface area contributed by atoms with E-state index in [2.05, 4.69) is 32.2 Å². The molecule has 1 aliphatic rings. The van der Waals surface area contributed by atoms with Crippen LogP contribution in [0, 0.1) is 0 Å². The topological polar surface area (TPSA) is 509 Å². The van der Waals surface area contributed by atoms with Crippen LogP contribution in [-0.4, -0.2) is 59.8 Å². The Morgan fingerprint density at radius 3 is 1.34 bits per heavy atom. The van der Waals surface area contributed by atoms with Crippen LogP contribution < -0.4 is 54.7 Å². The summed E-state index contributed by atoms with van der Waals surface area (Å²) in [6.07, 6.45) is -1.42. The van der Waals surface area contributed by atoms with Crippen molar-refractivity contribution in [2.45, 2.75) is 24.5 Å². The summed E-state index contributed by atoms with van der Waals surface area (Å²) in [4.78, 5) is 109. The molecule has 29 nitrogen and oxygen atoms in total. The second-order valence-electron chi connectivity index (χ2n) is 7.32. The number of hydrogen-bond donors (Lipinski definition) is 4. The molecule has 0 bridgehead atoms. The number of aromatic nitrogens is 4. The van der Waals surface area contributed by atoms with E-state index in [-0.39, 0.29) is 103 Å². The summed E-state index contributed by atoms with van der Waals surface area (Å²) in [6, 6.07) is 0. The Morgan fingerprint density at radius 2 is 1.04 bits per heavy atom. The monoisotopic (exact) mass is 1090 g/mol. The van der Waals surface area contributed by atoms with Gasteiger partial charge in [-0.2, -0.15) is 0 Å². The summed E-state index contributed by atoms with van der Waals surface area (Å²) >= 11 is 0. The van der Waals surface area contributed by atoms with Crippen LogP contribution in [0.25, 0.3) is 11.2 Å². The molecule has 1 fully saturated rings. The van der Waals surface area contributed by atoms with Gasteiger partial charge in [0, 0.05) is 0 Å². The van der Waals surface area contributed by atoms with Gasteiger partial charge in [0.15, 0.2) is 17.7 Å². The van der Waals surface area contributed by atoms with Gasteiger partial charge < -0.3 is 93.0 Å². The van der Waals surface area contributed by atoms with Gasteiger partial charge in [-0.15, -0.1) is 0 Å². The smallest absolute Gasteiger partial charge is 0.790 e. The van der Waals surface area contributed by atoms with E-state index in [1.807, 2.05) is 0 Å². The normalized spacial score (nSPS) is 19.4. The maximum Gasteiger partial charge on any atom is 2.00 e. The molecule has 3 heterocycles. The average molecular weight is 1100 g/mol. The molecule has 0 unspecified atom stereocenters. The predicted molar refractivity (Wildman–Crippen MR) is 113 cm³/mol. The molecule has 1 saturated heterocycles. The molecule has 5 N–H and O–H groups in total. The fourth-order valence-corrected chi connectivity index (χ4v) is 7.38. The molecule has 0 saturated carbocycles. The molecular formula is C10H13N5O24P6Zn5. The van der Waals surface area contributed by atoms with Crippen molar-refractivity contribution in [2.75, 3.05) is 12.3 Å². The van der Waals surface area contributed by atoms with Gasteiger partial charge in [0.05, 0.1) is 44.2 Å². The van der Waals surface area contributed by atoms with Gasteiger partial charge in [-0.25, -0.2) is 15.0 Å². The Balaban J connectivity index is -0.000000199. The third-order valence-corrected chi connectivity index (χ3v) is 10.4. The van der Waals surface area contributed by atoms with Crippen LogP contribution in [0.3, 0.4) is 0 Å². The first-order valence-corrected chi connectivity index (χ1v) is 18.8. The van der Waals surface area contributed by atoms with Crippen LogP contribution in [0.4, 0.5) is 5.82 Å². The van der Waals surface area contributed by atoms with Gasteiger partial charge in [-0.05, 0) is 0 Å². The quantitative estimate of drug-likeness (QED) is 0.127. The minimum atomic E-state index is -5.97. The molecular weight excluding hydrogens is 1090 g/mol. The summed E-state index contributed by atoms with van der Waals surface area (Å²) < 4.78 is 76.2. The zero-order valence-corrected chi connectivity index (χ0v) is 44.4. The van der Waals surface area contributed by atoms with Gasteiger partial charge >= 0.3 is 97.4 Å². The Hall–Kier alpha value is 2.13. The van der Waals surface area contributed by atoms with E-state index in [1.165, 1.54) is 17.2 Å². The van der Waals surface area contributed by atoms with E-state index in [9.17, 15) is 86.5 Å². The fourth-order valence-electron chi connectivity index (χ4n) is 2.69. The summed E-state index contributed by atoms with van der Waals surface area (Å²) in [6.45, 7) is -0.390. The number of fused-ring (bicyclic) bond motifs is 1. The number of aliphatic hydroxyl groups excluding tert-OH is 3. The number of rotatable bonds is 10. The first-order chi connectivity index (χ1) is 20.0. The zero-order chi connectivity index (χ0) is 35.4. The number of hydrogen-bond acceptors (Lipinski definition) is 28. The molecule has 0 aliphatic carbocycles. The molecule has 2 aromatic heterocycles. The minimum Gasteiger partial charge on any atom is -0.790 e. The summed E-state index contributed by atoms with van der Waals surface area (Å²) in [5, 5.41) is 28.7. The second kappa shape index (κ2) is 24.0. The summed E-state index contributed by atoms with van der Waals surface area (Å²) in [5.41, 5.74) is 6.44. The molecule has 0 radical (unpaired) electrons. The molecule has 2 aromatic rings. The van der Waals surface area contributed by atoms with Crippen molar-refractivity contribution in [3.63, 3.8) is 0 Å². The molecule has 4 atom stereocenters. The number of aliphatic hydroxyl groups is 3. The van der Waals surface area contributed by atoms with Crippen LogP contribution in [0.2, 0.25) is 0 Å². The SMILES string of the molecule is Nc1ncnc2c1ncn2[C@H]1O[C@@H](CO)[C@H](O)[C@@H]1O.O=P([O-])([O-])OP(=O)([O-])OP(=O)([O-])[O-].O=P([O-])([O-])OP(=O)([O-])OP(=O)([O-])[O-].[Zn+2].[Zn+2].[Zn+2].[Zn+2].[Zn+2]. The fraction of sp³-hybridized carbons (Fsp3) is 0.500. The van der Waals surface area contributed by atoms with Crippen molar-refractivity contribution in [1.29, 1.82) is 0 Å². The zero-order valence-electron chi connectivity index (χ0n) is 24.2. The Bertz CT molecular complexity index is 1500. The van der Waals surface area contributed by atoms with E-state index in [1.54, 1.807) is 0 Å². The largest absolute Gasteiger partial charge is 2.00 e. The number of nitrogen functional groups attached to an aromatic ring is 1. The number of nitrogens with zero attached hydrogens (tertiary/aromatic N) is 4. The molecule has 50 heavy (non-hydrogen) atoms. The maximum absolute atomic E-state index is 10.1. The van der Waals surface area contributed by atoms with Crippen molar-refractivity contribution in [1.82, 2.24) is 19.5 Å². The van der Waals surface area contributed by atoms with Gasteiger partial charge in [0.1, 0.15) is 30.2 Å². The number of imidazole rings is 1. The third kappa shape index (κ3) is 23.9. The molecule has 3 rings (SSSR count). The van der Waals surface area contributed by atoms with Gasteiger partial charge in [0.25, 0.3) is 15.6 Å². The standard InChI is InChI=1S/C10H13N5O4.2H5O10P3.5Zn/c11-8-5-9(13-2-12-8)15(3-14-5)10-7(18)6(17)4(1-16)19-10;2*1-11(2,3)9-13(7,8)10-12(4,5)6;;;;;/h2-4,6-7,10,16-18H,1H2,(H2,11,12,13);2*(H,7,8)(H2,1,2,3)(H2,4,5,6);;;;;/q;;;5*+2/p-10/t4-,6-,7-,10-;;;;;;;/m0......./s1. The van der Waals surface area contributed by atoms with Crippen molar-refractivity contribution in [3.05, 3.63) is 12.7 Å². The van der Waals surface area contributed by atoms with Crippen LogP contribution >= 0.6 is 46.9 Å². The molecule has 0 spiro atoms. The predicted octanol–water partition coefficient (Wildman–Crippen LogP) is -9.70. The second-order valence-corrected chi connectivity index (χ2v) is 15.3. The molecule has 1 aliphatic heterocycles. The van der Waals surface area contributed by atoms with Crippen molar-refractivity contribution in [2.24, 2.45) is 0 Å². The van der Waals surface area contributed by atoms with Gasteiger partial charge in [-0.1, -0.05) is 0 Å². The third-order valence-electron chi connectivity index (χ3n) is 3.98. The molecule has 0 aromatic carbocycles. The Morgan fingerprint density at radius 1 is 0.680 bits per heavy atom. The minimum absolute atomic E-state index is 0. The van der Waals surface area contributed by atoms with Crippen LogP contribution in [-0.2, 0) is 147 Å². The van der Waals surface area contributed by atoms with Gasteiger partial charge in [0.2, 0.25) is 0 Å². The van der Waals surface area contributed by atoms with E-state index in [4.69, 9.17) is 15.6 Å². The van der Waals surface area contributed by atoms with Gasteiger partial charge in [-0.3, -0.25) is 30.9 Å². The number of ether oxygens (including phenoxy) is 1. The van der Waals surface area contributed by atoms with Crippen molar-refractivity contribution < 1.29 is 211 Å². The van der Waals surface area contributed by atoms with Crippen LogP contribution in [0.5, 0.6) is 0 Å². The summed E-state index contributed by atoms with van der Waals surface area (Å²) in [5.74, 6) is 0.218. The van der Waals surface area contributed by atoms with E-state index < -0.39 is 78.1 Å². The molecule has 262 valence electrons. The maximum atomic E-state index is 10.1. The first kappa shape index (κ1) is 61.4. The number of anilines is 1. The Kier molecular flexibility index (Phi) is 29.5. The first-order valence-electron chi connectivity index (χ1n) is 10.1. The Labute approximate surface area is 341 Å². The summed E-state index contributed by atoms with van der Waals surface area (Å²) in [7, 11) is -35.8. The number of nitrogens with two attached hydrogens (primary N) is 1. The average Bonchev–Trinajstić information content (AvgIpc) is 3.29. The van der Waals surface area contributed by atoms with E-state index in [0.29, 0.717) is 11.2 Å². The van der Waals surface area contributed by atoms with E-state index >= 15 is 0 Å². The number of phosphoric acid groups is 6. The molecule has 0 amide bonds. The van der Waals surface area contributed by atoms with Crippen molar-refractivity contribution in [3.8, 4) is 0 Å². The van der Waals surface area contributed by atoms with E-state index in [0.717, 1.165) is 0 Å². The molecule has 40 heteroatoms. The van der Waals surface area contributed by atoms with Crippen LogP contribution in [0.15, 0.2) is 12.7 Å². The van der Waals surface area contributed by atoms with Crippen LogP contribution in [0.1, 0.15) is 6.23 Å². The van der Waals surface area contributed by atoms with Crippen molar-refractivity contribution >= 4 is 63.9 Å².